The van der Waals surface area contributed by atoms with Crippen molar-refractivity contribution in [3.05, 3.63) is 34.2 Å². The maximum absolute atomic E-state index is 9.97. The van der Waals surface area contributed by atoms with Gasteiger partial charge in [-0.3, -0.25) is 0 Å². The summed E-state index contributed by atoms with van der Waals surface area (Å²) in [5.74, 6) is 0. The Kier molecular flexibility index (Phi) is 2.21. The zero-order valence-corrected chi connectivity index (χ0v) is 6.37. The first-order chi connectivity index (χ1) is 5.25. The fourth-order valence-corrected chi connectivity index (χ4v) is 1.01. The molecule has 0 spiro atoms. The Morgan fingerprint density at radius 2 is 2.27 bits per heavy atom. The molecule has 0 fully saturated rings. The van der Waals surface area contributed by atoms with E-state index in [0.717, 1.165) is 11.1 Å². The van der Waals surface area contributed by atoms with Crippen molar-refractivity contribution in [2.45, 2.75) is 13.5 Å². The fraction of sp³-hybridized carbons (Fsp3) is 0.250. The molecular weight excluding hydrogens is 140 g/mol. The average molecular weight is 150 g/mol. The number of benzene rings is 1. The first-order valence-corrected chi connectivity index (χ1v) is 3.39. The van der Waals surface area contributed by atoms with Crippen LogP contribution in [0.4, 0.5) is 5.69 Å². The van der Waals surface area contributed by atoms with Crippen molar-refractivity contribution in [1.82, 2.24) is 0 Å². The summed E-state index contributed by atoms with van der Waals surface area (Å²) in [5, 5.41) is 2.80. The van der Waals surface area contributed by atoms with Crippen molar-refractivity contribution in [2.75, 3.05) is 5.73 Å². The van der Waals surface area contributed by atoms with Gasteiger partial charge in [-0.15, -0.1) is 0 Å². The van der Waals surface area contributed by atoms with Gasteiger partial charge in [0, 0.05) is 11.3 Å². The van der Waals surface area contributed by atoms with E-state index in [1.807, 2.05) is 19.1 Å². The molecule has 1 aromatic rings. The number of nitrogens with two attached hydrogens (primary N) is 1. The molecule has 0 heterocycles. The third-order valence-electron chi connectivity index (χ3n) is 1.67. The SMILES string of the molecule is Cc1cccc(N)c1CN=O. The molecule has 3 nitrogen and oxygen atoms in total. The van der Waals surface area contributed by atoms with E-state index in [1.165, 1.54) is 0 Å². The number of rotatable bonds is 2. The van der Waals surface area contributed by atoms with E-state index in [2.05, 4.69) is 5.18 Å². The van der Waals surface area contributed by atoms with Crippen molar-refractivity contribution in [3.8, 4) is 0 Å². The lowest BCUT2D eigenvalue weighted by molar-refractivity contribution is 1.04. The average Bonchev–Trinajstić information content (AvgIpc) is 1.97. The van der Waals surface area contributed by atoms with Gasteiger partial charge in [0.05, 0.1) is 0 Å². The molecule has 0 aliphatic heterocycles. The normalized spacial score (nSPS) is 9.55. The smallest absolute Gasteiger partial charge is 0.108 e. The second-order valence-electron chi connectivity index (χ2n) is 2.43. The van der Waals surface area contributed by atoms with E-state index in [9.17, 15) is 4.91 Å². The van der Waals surface area contributed by atoms with Crippen molar-refractivity contribution in [1.29, 1.82) is 0 Å². The molecule has 0 radical (unpaired) electrons. The van der Waals surface area contributed by atoms with Crippen LogP contribution in [-0.4, -0.2) is 0 Å². The van der Waals surface area contributed by atoms with E-state index in [1.54, 1.807) is 6.07 Å². The molecule has 0 amide bonds. The maximum Gasteiger partial charge on any atom is 0.108 e. The minimum absolute atomic E-state index is 0.165. The van der Waals surface area contributed by atoms with Crippen LogP contribution in [0.25, 0.3) is 0 Å². The number of anilines is 1. The molecule has 58 valence electrons. The minimum atomic E-state index is 0.165. The Morgan fingerprint density at radius 3 is 2.82 bits per heavy atom. The minimum Gasteiger partial charge on any atom is -0.398 e. The Balaban J connectivity index is 3.09. The van der Waals surface area contributed by atoms with Gasteiger partial charge in [0.15, 0.2) is 0 Å². The zero-order valence-electron chi connectivity index (χ0n) is 6.37. The van der Waals surface area contributed by atoms with Gasteiger partial charge >= 0.3 is 0 Å². The first kappa shape index (κ1) is 7.72. The first-order valence-electron chi connectivity index (χ1n) is 3.39. The van der Waals surface area contributed by atoms with E-state index in [-0.39, 0.29) is 6.54 Å². The van der Waals surface area contributed by atoms with Crippen LogP contribution >= 0.6 is 0 Å². The molecular formula is C8H10N2O. The van der Waals surface area contributed by atoms with Gasteiger partial charge < -0.3 is 5.73 Å². The van der Waals surface area contributed by atoms with Crippen molar-refractivity contribution < 1.29 is 0 Å². The number of nitroso groups, excluding NO2 is 1. The third-order valence-corrected chi connectivity index (χ3v) is 1.67. The summed E-state index contributed by atoms with van der Waals surface area (Å²) in [5.41, 5.74) is 8.11. The van der Waals surface area contributed by atoms with Gasteiger partial charge in [-0.2, -0.15) is 4.91 Å². The molecule has 0 aliphatic rings. The van der Waals surface area contributed by atoms with Crippen LogP contribution in [-0.2, 0) is 6.54 Å². The molecule has 1 rings (SSSR count). The largest absolute Gasteiger partial charge is 0.398 e. The maximum atomic E-state index is 9.97. The summed E-state index contributed by atoms with van der Waals surface area (Å²) in [6, 6.07) is 5.54. The molecule has 0 saturated carbocycles. The van der Waals surface area contributed by atoms with Crippen molar-refractivity contribution in [2.24, 2.45) is 5.18 Å². The van der Waals surface area contributed by atoms with Crippen LogP contribution < -0.4 is 5.73 Å². The number of hydrogen-bond donors (Lipinski definition) is 1. The van der Waals surface area contributed by atoms with E-state index < -0.39 is 0 Å². The van der Waals surface area contributed by atoms with Crippen LogP contribution in [0.1, 0.15) is 11.1 Å². The molecule has 0 aliphatic carbocycles. The summed E-state index contributed by atoms with van der Waals surface area (Å²) >= 11 is 0. The predicted molar refractivity (Wildman–Crippen MR) is 45.1 cm³/mol. The third kappa shape index (κ3) is 1.55. The van der Waals surface area contributed by atoms with Crippen LogP contribution in [0.5, 0.6) is 0 Å². The highest BCUT2D eigenvalue weighted by molar-refractivity contribution is 5.50. The molecule has 0 saturated heterocycles. The second-order valence-corrected chi connectivity index (χ2v) is 2.43. The molecule has 1 aromatic carbocycles. The lowest BCUT2D eigenvalue weighted by atomic mass is 10.1. The highest BCUT2D eigenvalue weighted by atomic mass is 16.3. The number of nitrogens with zero attached hydrogens (tertiary/aromatic N) is 1. The Labute approximate surface area is 65.2 Å². The number of hydrogen-bond acceptors (Lipinski definition) is 3. The number of nitrogen functional groups attached to an aromatic ring is 1. The van der Waals surface area contributed by atoms with Crippen LogP contribution in [0.3, 0.4) is 0 Å². The van der Waals surface area contributed by atoms with Gasteiger partial charge in [-0.1, -0.05) is 17.3 Å². The molecule has 0 atom stereocenters. The quantitative estimate of drug-likeness (QED) is 0.516. The van der Waals surface area contributed by atoms with Crippen LogP contribution in [0, 0.1) is 11.8 Å². The van der Waals surface area contributed by atoms with E-state index >= 15 is 0 Å². The Morgan fingerprint density at radius 1 is 1.55 bits per heavy atom. The summed E-state index contributed by atoms with van der Waals surface area (Å²) in [6.07, 6.45) is 0. The van der Waals surface area contributed by atoms with Crippen LogP contribution in [0.15, 0.2) is 23.4 Å². The molecule has 11 heavy (non-hydrogen) atoms. The van der Waals surface area contributed by atoms with Gasteiger partial charge in [0.1, 0.15) is 6.54 Å². The Hall–Kier alpha value is -1.38. The standard InChI is InChI=1S/C8H10N2O/c1-6-3-2-4-8(9)7(6)5-10-11/h2-4H,5,9H2,1H3. The Bertz CT molecular complexity index is 251. The summed E-state index contributed by atoms with van der Waals surface area (Å²) in [7, 11) is 0. The van der Waals surface area contributed by atoms with E-state index in [4.69, 9.17) is 5.73 Å². The highest BCUT2D eigenvalue weighted by Gasteiger charge is 2.00. The fourth-order valence-electron chi connectivity index (χ4n) is 1.01. The monoisotopic (exact) mass is 150 g/mol. The summed E-state index contributed by atoms with van der Waals surface area (Å²) in [4.78, 5) is 9.97. The summed E-state index contributed by atoms with van der Waals surface area (Å²) in [6.45, 7) is 2.08. The van der Waals surface area contributed by atoms with Gasteiger partial charge in [0.25, 0.3) is 0 Å². The topological polar surface area (TPSA) is 55.4 Å². The highest BCUT2D eigenvalue weighted by Crippen LogP contribution is 2.16. The molecule has 3 heteroatoms. The van der Waals surface area contributed by atoms with Gasteiger partial charge in [0.2, 0.25) is 0 Å². The lowest BCUT2D eigenvalue weighted by Gasteiger charge is -2.03. The van der Waals surface area contributed by atoms with Crippen LogP contribution in [0.2, 0.25) is 0 Å². The molecule has 0 unspecified atom stereocenters. The second kappa shape index (κ2) is 3.14. The van der Waals surface area contributed by atoms with E-state index in [0.29, 0.717) is 5.69 Å². The summed E-state index contributed by atoms with van der Waals surface area (Å²) < 4.78 is 0. The van der Waals surface area contributed by atoms with Gasteiger partial charge in [-0.05, 0) is 18.6 Å². The van der Waals surface area contributed by atoms with Crippen molar-refractivity contribution in [3.63, 3.8) is 0 Å². The molecule has 0 bridgehead atoms. The van der Waals surface area contributed by atoms with Gasteiger partial charge in [-0.25, -0.2) is 0 Å². The lowest BCUT2D eigenvalue weighted by Crippen LogP contribution is -1.95. The predicted octanol–water partition coefficient (Wildman–Crippen LogP) is 1.84. The molecule has 2 N–H and O–H groups in total. The zero-order chi connectivity index (χ0) is 8.27. The van der Waals surface area contributed by atoms with Crippen molar-refractivity contribution >= 4 is 5.69 Å². The number of aryl methyl sites for hydroxylation is 1. The molecule has 0 aromatic heterocycles.